The van der Waals surface area contributed by atoms with Gasteiger partial charge in [0, 0.05) is 0 Å². The second-order valence-corrected chi connectivity index (χ2v) is 1.35. The van der Waals surface area contributed by atoms with Crippen molar-refractivity contribution >= 4 is 7.69 Å². The average Bonchev–Trinajstić information content (AvgIpc) is 1.33. The van der Waals surface area contributed by atoms with E-state index < -0.39 is 7.69 Å². The molecule has 0 aliphatic rings. The van der Waals surface area contributed by atoms with Crippen LogP contribution in [0.2, 0.25) is 0 Å². The van der Waals surface area contributed by atoms with Crippen molar-refractivity contribution in [2.75, 3.05) is 0 Å². The quantitative estimate of drug-likeness (QED) is 0.329. The molecule has 3 heteroatoms. The molecule has 0 aromatic carbocycles. The van der Waals surface area contributed by atoms with Gasteiger partial charge in [-0.2, -0.15) is 0 Å². The molecule has 0 amide bonds. The van der Waals surface area contributed by atoms with Crippen LogP contribution in [0.25, 0.3) is 0 Å². The molecule has 0 aliphatic heterocycles. The zero-order valence-corrected chi connectivity index (χ0v) is 4.81. The first-order chi connectivity index (χ1) is 3.15. The Morgan fingerprint density at radius 1 is 1.43 bits per heavy atom. The van der Waals surface area contributed by atoms with Crippen LogP contribution in [0.3, 0.4) is 0 Å². The molecule has 0 fully saturated rings. The number of rotatable bonds is 0. The van der Waals surface area contributed by atoms with Crippen LogP contribution < -0.4 is 0 Å². The van der Waals surface area contributed by atoms with E-state index in [-0.39, 0.29) is 0 Å². The molecule has 2 nitrogen and oxygen atoms in total. The minimum absolute atomic E-state index is 0.750. The Labute approximate surface area is 44.8 Å². The molecule has 0 unspecified atom stereocenters. The lowest BCUT2D eigenvalue weighted by Gasteiger charge is -1.65. The second-order valence-electron chi connectivity index (χ2n) is 1.35. The molecule has 0 aromatic rings. The van der Waals surface area contributed by atoms with Crippen LogP contribution in [0.5, 0.6) is 0 Å². The van der Waals surface area contributed by atoms with E-state index in [4.69, 9.17) is 10.0 Å². The van der Waals surface area contributed by atoms with Gasteiger partial charge in [-0.05, 0) is 13.8 Å². The van der Waals surface area contributed by atoms with Gasteiger partial charge in [-0.25, -0.2) is 0 Å². The first-order valence-corrected chi connectivity index (χ1v) is 1.99. The molecule has 0 saturated carbocycles. The Morgan fingerprint density at radius 2 is 1.43 bits per heavy atom. The van der Waals surface area contributed by atoms with Gasteiger partial charge < -0.3 is 10.0 Å². The smallest absolute Gasteiger partial charge is 0.430 e. The molecule has 0 heterocycles. The first kappa shape index (κ1) is 9.87. The Morgan fingerprint density at radius 3 is 1.43 bits per heavy atom. The normalized spacial score (nSPS) is 5.71. The van der Waals surface area contributed by atoms with Gasteiger partial charge in [-0.3, -0.25) is 0 Å². The zero-order chi connectivity index (χ0) is 6.28. The minimum Gasteiger partial charge on any atom is -0.430 e. The molecule has 0 spiro atoms. The van der Waals surface area contributed by atoms with Crippen molar-refractivity contribution in [1.29, 1.82) is 0 Å². The van der Waals surface area contributed by atoms with Gasteiger partial charge in [-0.15, -0.1) is 6.58 Å². The Kier molecular flexibility index (Phi) is 13.0. The summed E-state index contributed by atoms with van der Waals surface area (Å²) < 4.78 is 0. The fourth-order valence-corrected chi connectivity index (χ4v) is 0. The highest BCUT2D eigenvalue weighted by Gasteiger charge is 1.51. The first-order valence-electron chi connectivity index (χ1n) is 1.99. The minimum atomic E-state index is -0.750. The lowest BCUT2D eigenvalue weighted by atomic mass is 10.4. The lowest BCUT2D eigenvalue weighted by Crippen LogP contribution is -1.75. The van der Waals surface area contributed by atoms with E-state index in [9.17, 15) is 0 Å². The fourth-order valence-electron chi connectivity index (χ4n) is 0. The van der Waals surface area contributed by atoms with Crippen LogP contribution in [-0.2, 0) is 0 Å². The predicted octanol–water partition coefficient (Wildman–Crippen LogP) is -0.180. The van der Waals surface area contributed by atoms with Gasteiger partial charge in [0.2, 0.25) is 0 Å². The van der Waals surface area contributed by atoms with Crippen molar-refractivity contribution < 1.29 is 10.0 Å². The molecular weight excluding hydrogens is 90.9 g/mol. The van der Waals surface area contributed by atoms with Crippen molar-refractivity contribution in [1.82, 2.24) is 0 Å². The summed E-state index contributed by atoms with van der Waals surface area (Å²) in [6.07, 6.45) is 0. The maximum Gasteiger partial charge on any atom is 0.432 e. The number of hydrogen-bond donors (Lipinski definition) is 2. The van der Waals surface area contributed by atoms with E-state index in [1.54, 1.807) is 0 Å². The van der Waals surface area contributed by atoms with Crippen LogP contribution in [0.4, 0.5) is 0 Å². The fraction of sp³-hybridized carbons (Fsp3) is 0.500. The van der Waals surface area contributed by atoms with E-state index in [0.29, 0.717) is 0 Å². The standard InChI is InChI=1S/C4H8.BH3O2/c1-4(2)3;2-1-3/h1H2,2-3H3;1-3H. The highest BCUT2D eigenvalue weighted by Crippen LogP contribution is 1.73. The van der Waals surface area contributed by atoms with Gasteiger partial charge in [0.15, 0.2) is 0 Å². The summed E-state index contributed by atoms with van der Waals surface area (Å²) in [6, 6.07) is 0. The van der Waals surface area contributed by atoms with E-state index in [1.807, 2.05) is 13.8 Å². The summed E-state index contributed by atoms with van der Waals surface area (Å²) in [5.74, 6) is 0. The average molecular weight is 102 g/mol. The SMILES string of the molecule is C=C(C)C.OBO. The maximum absolute atomic E-state index is 7.12. The third-order valence-corrected chi connectivity index (χ3v) is 0. The molecule has 0 atom stereocenters. The summed E-state index contributed by atoms with van der Waals surface area (Å²) >= 11 is 0. The summed E-state index contributed by atoms with van der Waals surface area (Å²) in [5.41, 5.74) is 1.17. The van der Waals surface area contributed by atoms with Gasteiger partial charge in [0.05, 0.1) is 0 Å². The van der Waals surface area contributed by atoms with E-state index >= 15 is 0 Å². The summed E-state index contributed by atoms with van der Waals surface area (Å²) in [5, 5.41) is 14.2. The Balaban J connectivity index is 0. The van der Waals surface area contributed by atoms with Crippen LogP contribution in [0, 0.1) is 0 Å². The predicted molar refractivity (Wildman–Crippen MR) is 32.1 cm³/mol. The third-order valence-electron chi connectivity index (χ3n) is 0. The summed E-state index contributed by atoms with van der Waals surface area (Å²) in [7, 11) is -0.750. The van der Waals surface area contributed by atoms with Gasteiger partial charge in [-0.1, -0.05) is 5.57 Å². The summed E-state index contributed by atoms with van der Waals surface area (Å²) in [6.45, 7) is 7.50. The van der Waals surface area contributed by atoms with E-state index in [0.717, 1.165) is 0 Å². The maximum atomic E-state index is 7.12. The molecule has 0 saturated heterocycles. The largest absolute Gasteiger partial charge is 0.432 e. The van der Waals surface area contributed by atoms with Crippen molar-refractivity contribution in [3.8, 4) is 0 Å². The lowest BCUT2D eigenvalue weighted by molar-refractivity contribution is 0.448. The topological polar surface area (TPSA) is 40.5 Å². The second kappa shape index (κ2) is 9.21. The Bertz CT molecular complexity index is 41.0. The van der Waals surface area contributed by atoms with Crippen molar-refractivity contribution in [3.05, 3.63) is 12.2 Å². The molecule has 7 heavy (non-hydrogen) atoms. The molecule has 0 aliphatic carbocycles. The highest BCUT2D eigenvalue weighted by molar-refractivity contribution is 6.13. The molecule has 0 bridgehead atoms. The van der Waals surface area contributed by atoms with Crippen LogP contribution in [0.1, 0.15) is 13.8 Å². The van der Waals surface area contributed by atoms with Crippen LogP contribution in [0.15, 0.2) is 12.2 Å². The monoisotopic (exact) mass is 102 g/mol. The molecule has 0 aromatic heterocycles. The molecule has 0 rings (SSSR count). The Hall–Kier alpha value is -0.275. The molecule has 42 valence electrons. The van der Waals surface area contributed by atoms with Crippen molar-refractivity contribution in [3.63, 3.8) is 0 Å². The van der Waals surface area contributed by atoms with Gasteiger partial charge in [0.25, 0.3) is 0 Å². The van der Waals surface area contributed by atoms with Crippen LogP contribution >= 0.6 is 0 Å². The van der Waals surface area contributed by atoms with E-state index in [2.05, 4.69) is 6.58 Å². The van der Waals surface area contributed by atoms with E-state index in [1.165, 1.54) is 5.57 Å². The van der Waals surface area contributed by atoms with Crippen LogP contribution in [-0.4, -0.2) is 17.7 Å². The third kappa shape index (κ3) is 1050. The van der Waals surface area contributed by atoms with Gasteiger partial charge in [0.1, 0.15) is 0 Å². The van der Waals surface area contributed by atoms with Gasteiger partial charge >= 0.3 is 7.69 Å². The number of allylic oxidation sites excluding steroid dienone is 1. The van der Waals surface area contributed by atoms with Crippen molar-refractivity contribution in [2.24, 2.45) is 0 Å². The van der Waals surface area contributed by atoms with Crippen molar-refractivity contribution in [2.45, 2.75) is 13.8 Å². The highest BCUT2D eigenvalue weighted by atomic mass is 16.4. The number of hydrogen-bond acceptors (Lipinski definition) is 2. The molecular formula is C4H11BO2. The summed E-state index contributed by atoms with van der Waals surface area (Å²) in [4.78, 5) is 0. The zero-order valence-electron chi connectivity index (χ0n) is 4.81. The molecule has 2 N–H and O–H groups in total. The molecule has 0 radical (unpaired) electrons.